The van der Waals surface area contributed by atoms with E-state index in [0.29, 0.717) is 0 Å². The summed E-state index contributed by atoms with van der Waals surface area (Å²) in [5, 5.41) is 1.03. The second-order valence-corrected chi connectivity index (χ2v) is 5.54. The van der Waals surface area contributed by atoms with Gasteiger partial charge in [-0.05, 0) is 43.7 Å². The van der Waals surface area contributed by atoms with Crippen molar-refractivity contribution in [1.29, 1.82) is 0 Å². The van der Waals surface area contributed by atoms with Crippen LogP contribution in [0.15, 0.2) is 12.1 Å². The van der Waals surface area contributed by atoms with E-state index in [-0.39, 0.29) is 0 Å². The van der Waals surface area contributed by atoms with E-state index < -0.39 is 0 Å². The highest BCUT2D eigenvalue weighted by Gasteiger charge is 2.30. The van der Waals surface area contributed by atoms with Gasteiger partial charge in [-0.2, -0.15) is 0 Å². The molecule has 1 aromatic heterocycles. The number of alkyl halides is 1. The molecule has 16 heavy (non-hydrogen) atoms. The summed E-state index contributed by atoms with van der Waals surface area (Å²) in [7, 11) is 0. The topological polar surface area (TPSA) is 16.1 Å². The Labute approximate surface area is 105 Å². The number of aryl methyl sites for hydroxylation is 2. The smallest absolute Gasteiger partial charge is 0.129 e. The molecule has 0 N–H and O–H groups in total. The molecule has 86 valence electrons. The zero-order valence-electron chi connectivity index (χ0n) is 9.45. The molecule has 2 nitrogen and oxygen atoms in total. The maximum absolute atomic E-state index is 4.84. The van der Waals surface area contributed by atoms with Crippen molar-refractivity contribution < 1.29 is 0 Å². The number of nitrogens with zero attached hydrogens (tertiary/aromatic N) is 2. The maximum Gasteiger partial charge on any atom is 0.129 e. The number of halogens is 1. The molecule has 0 aliphatic heterocycles. The van der Waals surface area contributed by atoms with Gasteiger partial charge in [0.1, 0.15) is 5.82 Å². The summed E-state index contributed by atoms with van der Waals surface area (Å²) < 4.78 is 0. The highest BCUT2D eigenvalue weighted by Crippen LogP contribution is 2.32. The second-order valence-electron chi connectivity index (χ2n) is 4.74. The number of hydrogen-bond donors (Lipinski definition) is 0. The number of aromatic nitrogens is 1. The third-order valence-electron chi connectivity index (χ3n) is 3.52. The van der Waals surface area contributed by atoms with E-state index in [4.69, 9.17) is 4.98 Å². The quantitative estimate of drug-likeness (QED) is 0.789. The molecule has 0 saturated heterocycles. The average molecular weight is 281 g/mol. The molecule has 0 atom stereocenters. The van der Waals surface area contributed by atoms with Crippen LogP contribution in [0.4, 0.5) is 5.82 Å². The SMILES string of the molecule is BrCCN(c1ccc2c(n1)CCC2)C1CC1. The van der Waals surface area contributed by atoms with Crippen LogP contribution >= 0.6 is 15.9 Å². The highest BCUT2D eigenvalue weighted by molar-refractivity contribution is 9.09. The highest BCUT2D eigenvalue weighted by atomic mass is 79.9. The molecule has 3 heteroatoms. The molecule has 2 aliphatic rings. The minimum absolute atomic E-state index is 0.754. The number of rotatable bonds is 4. The summed E-state index contributed by atoms with van der Waals surface area (Å²) in [5.41, 5.74) is 2.82. The van der Waals surface area contributed by atoms with Gasteiger partial charge in [0.05, 0.1) is 0 Å². The van der Waals surface area contributed by atoms with E-state index in [9.17, 15) is 0 Å². The first-order valence-corrected chi connectivity index (χ1v) is 7.32. The van der Waals surface area contributed by atoms with E-state index in [1.807, 2.05) is 0 Å². The van der Waals surface area contributed by atoms with Gasteiger partial charge in [-0.1, -0.05) is 22.0 Å². The van der Waals surface area contributed by atoms with E-state index in [2.05, 4.69) is 33.0 Å². The molecule has 0 aromatic carbocycles. The summed E-state index contributed by atoms with van der Waals surface area (Å²) in [6.07, 6.45) is 6.37. The predicted octanol–water partition coefficient (Wildman–Crippen LogP) is 2.93. The van der Waals surface area contributed by atoms with E-state index >= 15 is 0 Å². The Bertz CT molecular complexity index is 388. The van der Waals surface area contributed by atoms with Crippen molar-refractivity contribution in [2.24, 2.45) is 0 Å². The minimum Gasteiger partial charge on any atom is -0.353 e. The minimum atomic E-state index is 0.754. The number of hydrogen-bond acceptors (Lipinski definition) is 2. The zero-order chi connectivity index (χ0) is 11.0. The summed E-state index contributed by atoms with van der Waals surface area (Å²) in [6, 6.07) is 5.25. The van der Waals surface area contributed by atoms with Gasteiger partial charge in [-0.3, -0.25) is 0 Å². The standard InChI is InChI=1S/C13H17BrN2/c14-8-9-16(11-5-6-11)13-7-4-10-2-1-3-12(10)15-13/h4,7,11H,1-3,5-6,8-9H2. The fourth-order valence-electron chi connectivity index (χ4n) is 2.53. The summed E-state index contributed by atoms with van der Waals surface area (Å²) >= 11 is 3.54. The van der Waals surface area contributed by atoms with Crippen molar-refractivity contribution in [3.8, 4) is 0 Å². The Balaban J connectivity index is 1.86. The molecule has 1 saturated carbocycles. The van der Waals surface area contributed by atoms with Crippen LogP contribution < -0.4 is 4.90 Å². The summed E-state index contributed by atoms with van der Waals surface area (Å²) in [5.74, 6) is 1.20. The third kappa shape index (κ3) is 1.97. The lowest BCUT2D eigenvalue weighted by Gasteiger charge is -2.23. The summed E-state index contributed by atoms with van der Waals surface area (Å²) in [4.78, 5) is 7.30. The van der Waals surface area contributed by atoms with Crippen LogP contribution in [-0.2, 0) is 12.8 Å². The lowest BCUT2D eigenvalue weighted by molar-refractivity contribution is 0.808. The molecule has 3 rings (SSSR count). The first-order valence-electron chi connectivity index (χ1n) is 6.20. The number of pyridine rings is 1. The van der Waals surface area contributed by atoms with Gasteiger partial charge in [-0.25, -0.2) is 4.98 Å². The molecule has 0 unspecified atom stereocenters. The molecule has 0 bridgehead atoms. The van der Waals surface area contributed by atoms with Gasteiger partial charge in [0.2, 0.25) is 0 Å². The average Bonchev–Trinajstić information content (AvgIpc) is 3.03. The van der Waals surface area contributed by atoms with Crippen LogP contribution in [0.2, 0.25) is 0 Å². The van der Waals surface area contributed by atoms with Crippen molar-refractivity contribution in [2.45, 2.75) is 38.1 Å². The van der Waals surface area contributed by atoms with Crippen LogP contribution in [0.3, 0.4) is 0 Å². The monoisotopic (exact) mass is 280 g/mol. The van der Waals surface area contributed by atoms with E-state index in [1.54, 1.807) is 0 Å². The van der Waals surface area contributed by atoms with Gasteiger partial charge in [0.15, 0.2) is 0 Å². The van der Waals surface area contributed by atoms with Crippen molar-refractivity contribution in [3.63, 3.8) is 0 Å². The molecular weight excluding hydrogens is 264 g/mol. The molecule has 1 fully saturated rings. The first kappa shape index (κ1) is 10.6. The van der Waals surface area contributed by atoms with Crippen molar-refractivity contribution in [2.75, 3.05) is 16.8 Å². The molecule has 1 aromatic rings. The first-order chi connectivity index (χ1) is 7.88. The lowest BCUT2D eigenvalue weighted by Crippen LogP contribution is -2.28. The Morgan fingerprint density at radius 3 is 2.94 bits per heavy atom. The van der Waals surface area contributed by atoms with E-state index in [1.165, 1.54) is 49.2 Å². The zero-order valence-corrected chi connectivity index (χ0v) is 11.0. The second kappa shape index (κ2) is 4.36. The van der Waals surface area contributed by atoms with Gasteiger partial charge < -0.3 is 4.90 Å². The van der Waals surface area contributed by atoms with Crippen LogP contribution in [0.5, 0.6) is 0 Å². The van der Waals surface area contributed by atoms with Crippen LogP contribution in [-0.4, -0.2) is 22.9 Å². The molecule has 0 radical (unpaired) electrons. The maximum atomic E-state index is 4.84. The van der Waals surface area contributed by atoms with E-state index in [0.717, 1.165) is 17.9 Å². The van der Waals surface area contributed by atoms with Crippen LogP contribution in [0.25, 0.3) is 0 Å². The van der Waals surface area contributed by atoms with Gasteiger partial charge in [-0.15, -0.1) is 0 Å². The number of fused-ring (bicyclic) bond motifs is 1. The molecule has 0 spiro atoms. The molecule has 1 heterocycles. The Hall–Kier alpha value is -0.570. The number of anilines is 1. The van der Waals surface area contributed by atoms with Gasteiger partial charge >= 0.3 is 0 Å². The normalized spacial score (nSPS) is 18.6. The Morgan fingerprint density at radius 1 is 1.31 bits per heavy atom. The Morgan fingerprint density at radius 2 is 2.19 bits per heavy atom. The lowest BCUT2D eigenvalue weighted by atomic mass is 10.2. The fourth-order valence-corrected chi connectivity index (χ4v) is 2.91. The molecule has 0 amide bonds. The van der Waals surface area contributed by atoms with Crippen LogP contribution in [0.1, 0.15) is 30.5 Å². The van der Waals surface area contributed by atoms with Gasteiger partial charge in [0.25, 0.3) is 0 Å². The fraction of sp³-hybridized carbons (Fsp3) is 0.615. The van der Waals surface area contributed by atoms with Crippen molar-refractivity contribution in [1.82, 2.24) is 4.98 Å². The third-order valence-corrected chi connectivity index (χ3v) is 3.88. The molecular formula is C13H17BrN2. The van der Waals surface area contributed by atoms with Crippen LogP contribution in [0, 0.1) is 0 Å². The molecule has 2 aliphatic carbocycles. The largest absolute Gasteiger partial charge is 0.353 e. The summed E-state index contributed by atoms with van der Waals surface area (Å²) in [6.45, 7) is 1.08. The Kier molecular flexibility index (Phi) is 2.88. The van der Waals surface area contributed by atoms with Gasteiger partial charge in [0, 0.05) is 23.6 Å². The predicted molar refractivity (Wildman–Crippen MR) is 70.4 cm³/mol. The van der Waals surface area contributed by atoms with Crippen molar-refractivity contribution >= 4 is 21.7 Å². The van der Waals surface area contributed by atoms with Crippen molar-refractivity contribution in [3.05, 3.63) is 23.4 Å².